The smallest absolute Gasteiger partial charge is 0.233 e. The summed E-state index contributed by atoms with van der Waals surface area (Å²) in [5, 5.41) is 12.3. The Balaban J connectivity index is 1.68. The van der Waals surface area contributed by atoms with E-state index in [9.17, 15) is 4.79 Å². The molecule has 2 fully saturated rings. The Hall–Kier alpha value is -1.30. The molecule has 1 aromatic rings. The number of allylic oxidation sites excluding steroid dienone is 1. The lowest BCUT2D eigenvalue weighted by atomic mass is 10.4. The quantitative estimate of drug-likeness (QED) is 0.617. The minimum Gasteiger partial charge on any atom is -0.352 e. The highest BCUT2D eigenvalue weighted by Crippen LogP contribution is 2.40. The van der Waals surface area contributed by atoms with Gasteiger partial charge in [-0.25, -0.2) is 0 Å². The summed E-state index contributed by atoms with van der Waals surface area (Å²) in [6.07, 6.45) is 6.47. The molecule has 1 atom stereocenters. The van der Waals surface area contributed by atoms with Gasteiger partial charge in [0.05, 0.1) is 5.25 Å². The summed E-state index contributed by atoms with van der Waals surface area (Å²) < 4.78 is 2.09. The number of carbonyl (C=O) groups is 1. The van der Waals surface area contributed by atoms with E-state index in [0.29, 0.717) is 18.5 Å². The van der Waals surface area contributed by atoms with Crippen molar-refractivity contribution in [3.05, 3.63) is 18.5 Å². The molecule has 2 aliphatic carbocycles. The molecule has 5 nitrogen and oxygen atoms in total. The molecule has 1 unspecified atom stereocenters. The maximum Gasteiger partial charge on any atom is 0.233 e. The molecule has 108 valence electrons. The second-order valence-electron chi connectivity index (χ2n) is 5.56. The summed E-state index contributed by atoms with van der Waals surface area (Å²) >= 11 is 1.48. The third-order valence-corrected chi connectivity index (χ3v) is 4.66. The fourth-order valence-corrected chi connectivity index (χ4v) is 2.96. The van der Waals surface area contributed by atoms with Crippen LogP contribution in [0.2, 0.25) is 0 Å². The van der Waals surface area contributed by atoms with Crippen LogP contribution in [0.15, 0.2) is 17.8 Å². The number of hydrogen-bond acceptors (Lipinski definition) is 4. The average Bonchev–Trinajstić information content (AvgIpc) is 3.32. The first kappa shape index (κ1) is 13.7. The van der Waals surface area contributed by atoms with E-state index in [1.807, 2.05) is 13.0 Å². The third-order valence-electron chi connectivity index (χ3n) is 3.57. The predicted octanol–water partition coefficient (Wildman–Crippen LogP) is 2.10. The molecular formula is C14H20N4OS. The minimum absolute atomic E-state index is 0.0959. The van der Waals surface area contributed by atoms with Gasteiger partial charge in [0, 0.05) is 18.5 Å². The van der Waals surface area contributed by atoms with E-state index in [0.717, 1.165) is 23.8 Å². The molecule has 0 bridgehead atoms. The highest BCUT2D eigenvalue weighted by molar-refractivity contribution is 8.00. The van der Waals surface area contributed by atoms with Crippen molar-refractivity contribution in [2.45, 2.75) is 61.5 Å². The van der Waals surface area contributed by atoms with Gasteiger partial charge >= 0.3 is 0 Å². The van der Waals surface area contributed by atoms with E-state index in [2.05, 4.69) is 26.7 Å². The predicted molar refractivity (Wildman–Crippen MR) is 78.7 cm³/mol. The van der Waals surface area contributed by atoms with Gasteiger partial charge in [0.2, 0.25) is 5.91 Å². The minimum atomic E-state index is -0.143. The Morgan fingerprint density at radius 3 is 2.85 bits per heavy atom. The van der Waals surface area contributed by atoms with Crippen LogP contribution in [-0.4, -0.2) is 32.0 Å². The molecule has 1 N–H and O–H groups in total. The van der Waals surface area contributed by atoms with Crippen molar-refractivity contribution >= 4 is 17.7 Å². The number of rotatable bonds is 7. The van der Waals surface area contributed by atoms with Gasteiger partial charge in [-0.1, -0.05) is 17.8 Å². The van der Waals surface area contributed by atoms with Crippen molar-refractivity contribution in [2.24, 2.45) is 0 Å². The zero-order valence-electron chi connectivity index (χ0n) is 11.7. The molecule has 0 aromatic carbocycles. The third kappa shape index (κ3) is 3.06. The molecule has 6 heteroatoms. The van der Waals surface area contributed by atoms with E-state index in [1.165, 1.54) is 24.6 Å². The Bertz CT molecular complexity index is 519. The zero-order chi connectivity index (χ0) is 14.1. The standard InChI is InChI=1S/C14H20N4OS/c1-3-8-18-12(10-4-5-10)16-17-14(18)20-9(2)13(19)15-11-6-7-11/h3,9-11H,1,4-8H2,2H3,(H,15,19). The molecule has 0 aliphatic heterocycles. The molecule has 2 saturated carbocycles. The molecule has 0 spiro atoms. The first-order valence-corrected chi connectivity index (χ1v) is 8.08. The summed E-state index contributed by atoms with van der Waals surface area (Å²) in [6.45, 7) is 6.42. The molecule has 20 heavy (non-hydrogen) atoms. The molecule has 0 saturated heterocycles. The highest BCUT2D eigenvalue weighted by atomic mass is 32.2. The van der Waals surface area contributed by atoms with Gasteiger partial charge in [0.25, 0.3) is 0 Å². The molecule has 1 heterocycles. The summed E-state index contributed by atoms with van der Waals surface area (Å²) in [4.78, 5) is 12.0. The molecular weight excluding hydrogens is 272 g/mol. The van der Waals surface area contributed by atoms with E-state index in [4.69, 9.17) is 0 Å². The summed E-state index contributed by atoms with van der Waals surface area (Å²) in [6, 6.07) is 0.402. The summed E-state index contributed by atoms with van der Waals surface area (Å²) in [5.41, 5.74) is 0. The van der Waals surface area contributed by atoms with Crippen LogP contribution in [0.3, 0.4) is 0 Å². The fourth-order valence-electron chi connectivity index (χ4n) is 2.09. The van der Waals surface area contributed by atoms with E-state index in [-0.39, 0.29) is 11.2 Å². The number of nitrogens with one attached hydrogen (secondary N) is 1. The zero-order valence-corrected chi connectivity index (χ0v) is 12.5. The number of thioether (sulfide) groups is 1. The molecule has 1 amide bonds. The number of nitrogens with zero attached hydrogens (tertiary/aromatic N) is 3. The van der Waals surface area contributed by atoms with Crippen LogP contribution in [0.1, 0.15) is 44.3 Å². The van der Waals surface area contributed by atoms with Gasteiger partial charge in [-0.2, -0.15) is 0 Å². The lowest BCUT2D eigenvalue weighted by molar-refractivity contribution is -0.120. The van der Waals surface area contributed by atoms with Gasteiger partial charge in [0.15, 0.2) is 5.16 Å². The van der Waals surface area contributed by atoms with Gasteiger partial charge in [-0.05, 0) is 32.6 Å². The number of carbonyl (C=O) groups excluding carboxylic acids is 1. The Kier molecular flexibility index (Phi) is 3.83. The van der Waals surface area contributed by atoms with Gasteiger partial charge in [-0.15, -0.1) is 16.8 Å². The summed E-state index contributed by atoms with van der Waals surface area (Å²) in [5.74, 6) is 1.69. The first-order chi connectivity index (χ1) is 9.69. The van der Waals surface area contributed by atoms with Crippen molar-refractivity contribution in [1.82, 2.24) is 20.1 Å². The highest BCUT2D eigenvalue weighted by Gasteiger charge is 2.31. The summed E-state index contributed by atoms with van der Waals surface area (Å²) in [7, 11) is 0. The van der Waals surface area contributed by atoms with Crippen LogP contribution >= 0.6 is 11.8 Å². The Morgan fingerprint density at radius 1 is 1.50 bits per heavy atom. The van der Waals surface area contributed by atoms with Gasteiger partial charge < -0.3 is 9.88 Å². The van der Waals surface area contributed by atoms with Gasteiger partial charge in [0.1, 0.15) is 5.82 Å². The fraction of sp³-hybridized carbons (Fsp3) is 0.643. The number of hydrogen-bond donors (Lipinski definition) is 1. The SMILES string of the molecule is C=CCn1c(SC(C)C(=O)NC2CC2)nnc1C1CC1. The second-order valence-corrected chi connectivity index (χ2v) is 6.87. The van der Waals surface area contributed by atoms with Crippen LogP contribution in [0, 0.1) is 0 Å². The molecule has 2 aliphatic rings. The van der Waals surface area contributed by atoms with Crippen LogP contribution in [0.4, 0.5) is 0 Å². The number of aromatic nitrogens is 3. The normalized spacial score (nSPS) is 19.6. The maximum atomic E-state index is 12.0. The van der Waals surface area contributed by atoms with Crippen LogP contribution in [0.5, 0.6) is 0 Å². The Labute approximate surface area is 123 Å². The van der Waals surface area contributed by atoms with E-state index < -0.39 is 0 Å². The first-order valence-electron chi connectivity index (χ1n) is 7.20. The molecule has 1 aromatic heterocycles. The van der Waals surface area contributed by atoms with Crippen LogP contribution in [-0.2, 0) is 11.3 Å². The largest absolute Gasteiger partial charge is 0.352 e. The lowest BCUT2D eigenvalue weighted by Gasteiger charge is -2.12. The lowest BCUT2D eigenvalue weighted by Crippen LogP contribution is -2.32. The molecule has 0 radical (unpaired) electrons. The van der Waals surface area contributed by atoms with Crippen molar-refractivity contribution in [1.29, 1.82) is 0 Å². The van der Waals surface area contributed by atoms with Crippen molar-refractivity contribution in [3.63, 3.8) is 0 Å². The maximum absolute atomic E-state index is 12.0. The number of amides is 1. The Morgan fingerprint density at radius 2 is 2.25 bits per heavy atom. The van der Waals surface area contributed by atoms with Crippen molar-refractivity contribution < 1.29 is 4.79 Å². The topological polar surface area (TPSA) is 59.8 Å². The van der Waals surface area contributed by atoms with E-state index in [1.54, 1.807) is 0 Å². The van der Waals surface area contributed by atoms with Crippen molar-refractivity contribution in [2.75, 3.05) is 0 Å². The van der Waals surface area contributed by atoms with Crippen molar-refractivity contribution in [3.8, 4) is 0 Å². The van der Waals surface area contributed by atoms with E-state index >= 15 is 0 Å². The van der Waals surface area contributed by atoms with Crippen LogP contribution in [0.25, 0.3) is 0 Å². The average molecular weight is 292 g/mol. The van der Waals surface area contributed by atoms with Gasteiger partial charge in [-0.3, -0.25) is 4.79 Å². The molecule has 3 rings (SSSR count). The monoisotopic (exact) mass is 292 g/mol. The van der Waals surface area contributed by atoms with Crippen LogP contribution < -0.4 is 5.32 Å². The second kappa shape index (κ2) is 5.60.